The van der Waals surface area contributed by atoms with Crippen molar-refractivity contribution in [3.8, 4) is 28.8 Å². The molecule has 3 aromatic carbocycles. The lowest BCUT2D eigenvalue weighted by Gasteiger charge is -2.24. The van der Waals surface area contributed by atoms with Crippen molar-refractivity contribution in [2.45, 2.75) is 6.54 Å². The average Bonchev–Trinajstić information content (AvgIpc) is 2.83. The second kappa shape index (κ2) is 8.98. The van der Waals surface area contributed by atoms with Gasteiger partial charge in [0.05, 0.1) is 23.4 Å². The van der Waals surface area contributed by atoms with E-state index in [1.165, 1.54) is 29.6 Å². The molecule has 1 amide bonds. The first-order chi connectivity index (χ1) is 15.6. The molecule has 0 bridgehead atoms. The van der Waals surface area contributed by atoms with E-state index in [2.05, 4.69) is 16.0 Å². The third kappa shape index (κ3) is 4.25. The van der Waals surface area contributed by atoms with Crippen molar-refractivity contribution in [2.24, 2.45) is 0 Å². The standard InChI is InChI=1S/C25H18N4O3/c26-13-19-14-27-16-28-24(19)18-6-8-20(9-7-18)29(15-17-4-2-1-3-5-17)25(32)22-11-10-21(30)12-23(22)31/h1-12,14,16,30-31H,15H2. The van der Waals surface area contributed by atoms with E-state index in [0.29, 0.717) is 22.5 Å². The van der Waals surface area contributed by atoms with Gasteiger partial charge in [0, 0.05) is 23.5 Å². The van der Waals surface area contributed by atoms with Crippen molar-refractivity contribution in [3.05, 3.63) is 102 Å². The number of anilines is 1. The summed E-state index contributed by atoms with van der Waals surface area (Å²) in [5, 5.41) is 29.1. The first kappa shape index (κ1) is 20.6. The maximum absolute atomic E-state index is 13.4. The highest BCUT2D eigenvalue weighted by molar-refractivity contribution is 6.08. The summed E-state index contributed by atoms with van der Waals surface area (Å²) in [5.41, 5.74) is 3.16. The van der Waals surface area contributed by atoms with Gasteiger partial charge in [0.2, 0.25) is 0 Å². The zero-order chi connectivity index (χ0) is 22.5. The fourth-order valence-corrected chi connectivity index (χ4v) is 3.33. The number of hydrogen-bond acceptors (Lipinski definition) is 6. The lowest BCUT2D eigenvalue weighted by molar-refractivity contribution is 0.0982. The van der Waals surface area contributed by atoms with E-state index in [9.17, 15) is 20.3 Å². The van der Waals surface area contributed by atoms with Crippen LogP contribution >= 0.6 is 0 Å². The number of amides is 1. The highest BCUT2D eigenvalue weighted by atomic mass is 16.3. The van der Waals surface area contributed by atoms with E-state index in [1.807, 2.05) is 30.3 Å². The number of aromatic hydroxyl groups is 2. The van der Waals surface area contributed by atoms with E-state index >= 15 is 0 Å². The molecule has 0 atom stereocenters. The molecule has 0 aliphatic heterocycles. The Bertz CT molecular complexity index is 1300. The van der Waals surface area contributed by atoms with Gasteiger partial charge in [-0.1, -0.05) is 42.5 Å². The second-order valence-electron chi connectivity index (χ2n) is 7.02. The van der Waals surface area contributed by atoms with Crippen LogP contribution in [0.1, 0.15) is 21.5 Å². The molecule has 4 aromatic rings. The van der Waals surface area contributed by atoms with Gasteiger partial charge in [0.1, 0.15) is 23.9 Å². The SMILES string of the molecule is N#Cc1cncnc1-c1ccc(N(Cc2ccccc2)C(=O)c2ccc(O)cc2O)cc1. The largest absolute Gasteiger partial charge is 0.508 e. The fraction of sp³-hybridized carbons (Fsp3) is 0.0400. The topological polar surface area (TPSA) is 110 Å². The lowest BCUT2D eigenvalue weighted by Crippen LogP contribution is -2.30. The summed E-state index contributed by atoms with van der Waals surface area (Å²) in [6.45, 7) is 0.274. The van der Waals surface area contributed by atoms with Crippen LogP contribution in [0.15, 0.2) is 85.3 Å². The summed E-state index contributed by atoms with van der Waals surface area (Å²) in [5.74, 6) is -0.848. The molecular formula is C25H18N4O3. The number of nitrogens with zero attached hydrogens (tertiary/aromatic N) is 4. The first-order valence-corrected chi connectivity index (χ1v) is 9.75. The minimum Gasteiger partial charge on any atom is -0.508 e. The number of hydrogen-bond donors (Lipinski definition) is 2. The van der Waals surface area contributed by atoms with Gasteiger partial charge in [-0.3, -0.25) is 4.79 Å². The number of carbonyl (C=O) groups excluding carboxylic acids is 1. The van der Waals surface area contributed by atoms with Crippen LogP contribution in [0.4, 0.5) is 5.69 Å². The molecule has 0 saturated carbocycles. The van der Waals surface area contributed by atoms with Crippen molar-refractivity contribution in [1.29, 1.82) is 5.26 Å². The molecule has 32 heavy (non-hydrogen) atoms. The van der Waals surface area contributed by atoms with Gasteiger partial charge in [-0.05, 0) is 29.8 Å². The summed E-state index contributed by atoms with van der Waals surface area (Å²) in [6, 6.07) is 22.5. The zero-order valence-corrected chi connectivity index (χ0v) is 16.9. The maximum Gasteiger partial charge on any atom is 0.262 e. The molecule has 0 spiro atoms. The Morgan fingerprint density at radius 3 is 2.44 bits per heavy atom. The quantitative estimate of drug-likeness (QED) is 0.497. The van der Waals surface area contributed by atoms with Crippen molar-refractivity contribution >= 4 is 11.6 Å². The molecule has 1 heterocycles. The number of carbonyl (C=O) groups is 1. The van der Waals surface area contributed by atoms with Crippen LogP contribution in [0, 0.1) is 11.3 Å². The van der Waals surface area contributed by atoms with Gasteiger partial charge in [0.15, 0.2) is 0 Å². The summed E-state index contributed by atoms with van der Waals surface area (Å²) >= 11 is 0. The molecule has 1 aromatic heterocycles. The highest BCUT2D eigenvalue weighted by Crippen LogP contribution is 2.29. The average molecular weight is 422 g/mol. The summed E-state index contributed by atoms with van der Waals surface area (Å²) < 4.78 is 0. The number of nitriles is 1. The van der Waals surface area contributed by atoms with Gasteiger partial charge in [0.25, 0.3) is 5.91 Å². The van der Waals surface area contributed by atoms with Gasteiger partial charge in [-0.15, -0.1) is 0 Å². The normalized spacial score (nSPS) is 10.3. The summed E-state index contributed by atoms with van der Waals surface area (Å²) in [7, 11) is 0. The number of rotatable bonds is 5. The molecule has 0 aliphatic carbocycles. The van der Waals surface area contributed by atoms with Crippen LogP contribution in [-0.4, -0.2) is 26.1 Å². The van der Waals surface area contributed by atoms with Crippen LogP contribution < -0.4 is 4.90 Å². The Kier molecular flexibility index (Phi) is 5.77. The molecule has 4 rings (SSSR count). The number of benzene rings is 3. The van der Waals surface area contributed by atoms with Gasteiger partial charge < -0.3 is 15.1 Å². The molecule has 0 saturated heterocycles. The summed E-state index contributed by atoms with van der Waals surface area (Å²) in [6.07, 6.45) is 2.83. The van der Waals surface area contributed by atoms with Crippen molar-refractivity contribution in [1.82, 2.24) is 9.97 Å². The van der Waals surface area contributed by atoms with Crippen molar-refractivity contribution in [2.75, 3.05) is 4.90 Å². The third-order valence-electron chi connectivity index (χ3n) is 4.93. The Hall–Kier alpha value is -4.70. The van der Waals surface area contributed by atoms with Crippen LogP contribution in [0.2, 0.25) is 0 Å². The minimum atomic E-state index is -0.418. The fourth-order valence-electron chi connectivity index (χ4n) is 3.33. The van der Waals surface area contributed by atoms with Gasteiger partial charge in [-0.25, -0.2) is 9.97 Å². The third-order valence-corrected chi connectivity index (χ3v) is 4.93. The monoisotopic (exact) mass is 422 g/mol. The summed E-state index contributed by atoms with van der Waals surface area (Å²) in [4.78, 5) is 23.0. The van der Waals surface area contributed by atoms with E-state index in [-0.39, 0.29) is 23.6 Å². The van der Waals surface area contributed by atoms with Crippen LogP contribution in [0.5, 0.6) is 11.5 Å². The van der Waals surface area contributed by atoms with Gasteiger partial charge >= 0.3 is 0 Å². The van der Waals surface area contributed by atoms with Crippen LogP contribution in [0.3, 0.4) is 0 Å². The Labute approximate surface area is 184 Å². The predicted octanol–water partition coefficient (Wildman–Crippen LogP) is 4.27. The second-order valence-corrected chi connectivity index (χ2v) is 7.02. The number of phenols is 2. The van der Waals surface area contributed by atoms with Crippen LogP contribution in [0.25, 0.3) is 11.3 Å². The molecular weight excluding hydrogens is 404 g/mol. The highest BCUT2D eigenvalue weighted by Gasteiger charge is 2.22. The Morgan fingerprint density at radius 1 is 1.00 bits per heavy atom. The Morgan fingerprint density at radius 2 is 1.75 bits per heavy atom. The maximum atomic E-state index is 13.4. The van der Waals surface area contributed by atoms with Crippen molar-refractivity contribution in [3.63, 3.8) is 0 Å². The predicted molar refractivity (Wildman–Crippen MR) is 119 cm³/mol. The van der Waals surface area contributed by atoms with E-state index in [4.69, 9.17) is 0 Å². The molecule has 156 valence electrons. The molecule has 0 radical (unpaired) electrons. The molecule has 2 N–H and O–H groups in total. The first-order valence-electron chi connectivity index (χ1n) is 9.75. The minimum absolute atomic E-state index is 0.0744. The zero-order valence-electron chi connectivity index (χ0n) is 16.9. The smallest absolute Gasteiger partial charge is 0.262 e. The molecule has 0 fully saturated rings. The van der Waals surface area contributed by atoms with Crippen LogP contribution in [-0.2, 0) is 6.54 Å². The van der Waals surface area contributed by atoms with E-state index < -0.39 is 5.91 Å². The molecule has 7 heteroatoms. The molecule has 0 unspecified atom stereocenters. The van der Waals surface area contributed by atoms with E-state index in [1.54, 1.807) is 24.3 Å². The molecule has 7 nitrogen and oxygen atoms in total. The van der Waals surface area contributed by atoms with E-state index in [0.717, 1.165) is 11.6 Å². The number of aromatic nitrogens is 2. The van der Waals surface area contributed by atoms with Crippen molar-refractivity contribution < 1.29 is 15.0 Å². The Balaban J connectivity index is 1.73. The molecule has 0 aliphatic rings. The van der Waals surface area contributed by atoms with Gasteiger partial charge in [-0.2, -0.15) is 5.26 Å². The lowest BCUT2D eigenvalue weighted by atomic mass is 10.1. The number of phenolic OH excluding ortho intramolecular Hbond substituents is 2.